The molecule has 7 N–H and O–H groups in total. The molecule has 3 aromatic carbocycles. The number of hydrogen-bond donors (Lipinski definition) is 6. The molecule has 0 fully saturated rings. The predicted octanol–water partition coefficient (Wildman–Crippen LogP) is 8.75. The topological polar surface area (TPSA) is 368 Å². The molecular weight excluding hydrogens is 1400 g/mol. The van der Waals surface area contributed by atoms with Crippen LogP contribution in [-0.2, 0) is 43.3 Å². The zero-order valence-corrected chi connectivity index (χ0v) is 61.3. The van der Waals surface area contributed by atoms with Gasteiger partial charge in [0, 0.05) is 75.4 Å². The number of anilines is 7. The van der Waals surface area contributed by atoms with Gasteiger partial charge in [0.1, 0.15) is 59.9 Å². The van der Waals surface area contributed by atoms with Gasteiger partial charge in [-0.05, 0) is 124 Å². The molecule has 9 rings (SSSR count). The van der Waals surface area contributed by atoms with Gasteiger partial charge in [-0.15, -0.1) is 10.2 Å². The summed E-state index contributed by atoms with van der Waals surface area (Å²) in [5.41, 5.74) is 6.51. The Kier molecular flexibility index (Phi) is 29.1. The molecule has 0 atom stereocenters. The molecule has 0 radical (unpaired) electrons. The summed E-state index contributed by atoms with van der Waals surface area (Å²) in [7, 11) is 14.0. The average Bonchev–Trinajstić information content (AvgIpc) is 1.72. The molecule has 37 heteroatoms. The van der Waals surface area contributed by atoms with Crippen LogP contribution < -0.4 is 64.9 Å². The van der Waals surface area contributed by atoms with Crippen molar-refractivity contribution in [1.29, 1.82) is 0 Å². The van der Waals surface area contributed by atoms with Crippen LogP contribution in [0.4, 0.5) is 58.0 Å². The number of hydrogen-bond acceptors (Lipinski definition) is 25. The van der Waals surface area contributed by atoms with Crippen molar-refractivity contribution in [3.05, 3.63) is 136 Å². The molecule has 0 spiro atoms. The number of carbonyl (C=O) groups excluding carboxylic acids is 4. The summed E-state index contributed by atoms with van der Waals surface area (Å²) < 4.78 is 108. The molecule has 0 aliphatic carbocycles. The quantitative estimate of drug-likeness (QED) is 0.0115. The van der Waals surface area contributed by atoms with E-state index in [1.165, 1.54) is 41.8 Å². The molecule has 564 valence electrons. The van der Waals surface area contributed by atoms with E-state index in [0.29, 0.717) is 124 Å². The number of aryl methyl sites for hydroxylation is 2. The fraction of sp³-hybridized carbons (Fsp3) is 0.324. The summed E-state index contributed by atoms with van der Waals surface area (Å²) in [5, 5.41) is 30.5. The number of rotatable bonds is 28. The number of amides is 4. The van der Waals surface area contributed by atoms with Crippen LogP contribution in [0.3, 0.4) is 0 Å². The van der Waals surface area contributed by atoms with Crippen molar-refractivity contribution in [2.75, 3.05) is 135 Å². The highest BCUT2D eigenvalue weighted by atomic mass is 32.2. The number of carbonyl (C=O) groups is 4. The Hall–Kier alpha value is -12.0. The second-order valence-electron chi connectivity index (χ2n) is 24.0. The number of ether oxygens (including phenoxy) is 7. The standard InChI is InChI=1S/C24H28N8O3.C19H29N3O5.C14H21N3O3.C11H8F3N5O3S/c1-6-23(33)27-19-11-18(21(34-5)12-22(19)35-10-9-30(2)3)28-24-25-14-17-7-8-20(32(17)29-24)16-13-26-31(4)15-16;1-8-17(23)20-14-11-13(21-18(24)27-19(2,3)4)15(25-7)12-16(14)26-10-9-22(5)6;1-5-14(18)16-11-8-10(15)12(19-4)9-13(11)20-7-6-17(2)3;1-18-6-7(4-16-18)9-3-2-8-5-15-10(17-19(8)9)22-23(20,21)11(12,13)14/h6-8,11-15H,1,9-10H2,2-5H3,(H,27,33)(H,28,29);8,11-12H,1,9-10H2,2-7H3,(H,20,23)(H,21,24);5,8-9H,1,6-7,15H2,2-4H3,(H,16,18);2-6H,1H3. The summed E-state index contributed by atoms with van der Waals surface area (Å²) in [4.78, 5) is 61.2. The van der Waals surface area contributed by atoms with E-state index in [0.717, 1.165) is 35.6 Å². The van der Waals surface area contributed by atoms with Gasteiger partial charge < -0.3 is 79.0 Å². The molecule has 0 saturated carbocycles. The lowest BCUT2D eigenvalue weighted by Gasteiger charge is -2.21. The Morgan fingerprint density at radius 2 is 0.952 bits per heavy atom. The van der Waals surface area contributed by atoms with Crippen LogP contribution in [-0.4, -0.2) is 210 Å². The number of benzene rings is 3. The lowest BCUT2D eigenvalue weighted by molar-refractivity contribution is -0.112. The van der Waals surface area contributed by atoms with Gasteiger partial charge in [-0.3, -0.25) is 29.1 Å². The summed E-state index contributed by atoms with van der Waals surface area (Å²) in [6, 6.07) is 16.1. The van der Waals surface area contributed by atoms with Gasteiger partial charge in [-0.2, -0.15) is 36.8 Å². The highest BCUT2D eigenvalue weighted by Crippen LogP contribution is 2.40. The molecule has 6 heterocycles. The van der Waals surface area contributed by atoms with E-state index < -0.39 is 39.2 Å². The van der Waals surface area contributed by atoms with Crippen LogP contribution >= 0.6 is 0 Å². The Balaban J connectivity index is 0.000000225. The van der Waals surface area contributed by atoms with Gasteiger partial charge in [0.05, 0.1) is 103 Å². The number of alkyl halides is 3. The number of halogens is 3. The Labute approximate surface area is 604 Å². The van der Waals surface area contributed by atoms with Gasteiger partial charge in [0.25, 0.3) is 0 Å². The van der Waals surface area contributed by atoms with Crippen LogP contribution in [0.2, 0.25) is 0 Å². The summed E-state index contributed by atoms with van der Waals surface area (Å²) in [6.45, 7) is 19.2. The second kappa shape index (κ2) is 37.3. The summed E-state index contributed by atoms with van der Waals surface area (Å²) in [6.07, 6.45) is 12.7. The van der Waals surface area contributed by atoms with Crippen LogP contribution in [0.5, 0.6) is 40.5 Å². The first-order chi connectivity index (χ1) is 49.6. The largest absolute Gasteiger partial charge is 0.534 e. The van der Waals surface area contributed by atoms with Crippen LogP contribution in [0.15, 0.2) is 136 Å². The molecule has 33 nitrogen and oxygen atoms in total. The van der Waals surface area contributed by atoms with Gasteiger partial charge in [0.2, 0.25) is 23.7 Å². The maximum atomic E-state index is 12.3. The van der Waals surface area contributed by atoms with Gasteiger partial charge in [0.15, 0.2) is 0 Å². The highest BCUT2D eigenvalue weighted by molar-refractivity contribution is 7.87. The lowest BCUT2D eigenvalue weighted by atomic mass is 10.2. The van der Waals surface area contributed by atoms with E-state index >= 15 is 0 Å². The van der Waals surface area contributed by atoms with Gasteiger partial charge >= 0.3 is 27.7 Å². The van der Waals surface area contributed by atoms with E-state index in [1.54, 1.807) is 111 Å². The molecule has 0 saturated heterocycles. The van der Waals surface area contributed by atoms with E-state index in [1.807, 2.05) is 82.4 Å². The van der Waals surface area contributed by atoms with E-state index in [4.69, 9.17) is 38.9 Å². The Morgan fingerprint density at radius 1 is 0.552 bits per heavy atom. The minimum atomic E-state index is -5.83. The molecule has 105 heavy (non-hydrogen) atoms. The zero-order valence-electron chi connectivity index (χ0n) is 60.5. The summed E-state index contributed by atoms with van der Waals surface area (Å²) >= 11 is 0. The van der Waals surface area contributed by atoms with Crippen molar-refractivity contribution in [2.45, 2.75) is 31.9 Å². The SMILES string of the molecule is C=CC(=O)Nc1cc(N)c(OC)cc1OCCN(C)C.C=CC(=O)Nc1cc(NC(=O)OC(C)(C)C)c(OC)cc1OCCN(C)C.C=CC(=O)Nc1cc(Nc2ncc3ccc(-c4cnn(C)c4)n3n2)c(OC)cc1OCCN(C)C.Cn1cc(-c2ccc3cnc(OS(=O)(=O)C(F)(F)F)nn23)cn1. The first-order valence-electron chi connectivity index (χ1n) is 31.6. The number of aromatic nitrogens is 10. The third-order valence-electron chi connectivity index (χ3n) is 13.8. The summed E-state index contributed by atoms with van der Waals surface area (Å²) in [5.74, 6) is 2.04. The van der Waals surface area contributed by atoms with Crippen LogP contribution in [0.1, 0.15) is 20.8 Å². The van der Waals surface area contributed by atoms with Gasteiger partial charge in [-0.1, -0.05) is 19.7 Å². The third-order valence-corrected chi connectivity index (χ3v) is 14.7. The smallest absolute Gasteiger partial charge is 0.494 e. The first-order valence-corrected chi connectivity index (χ1v) is 33.0. The molecule has 0 aliphatic heterocycles. The third kappa shape index (κ3) is 24.4. The average molecular weight is 1480 g/mol. The van der Waals surface area contributed by atoms with Crippen molar-refractivity contribution < 1.29 is 78.1 Å². The maximum absolute atomic E-state index is 12.3. The lowest BCUT2D eigenvalue weighted by Crippen LogP contribution is -2.28. The van der Waals surface area contributed by atoms with Crippen molar-refractivity contribution in [2.24, 2.45) is 14.1 Å². The van der Waals surface area contributed by atoms with Crippen LogP contribution in [0.25, 0.3) is 33.5 Å². The Morgan fingerprint density at radius 3 is 1.35 bits per heavy atom. The number of nitrogens with two attached hydrogens (primary N) is 1. The van der Waals surface area contributed by atoms with E-state index in [2.05, 4.69) is 80.9 Å². The zero-order chi connectivity index (χ0) is 77.5. The number of nitrogen functional groups attached to an aromatic ring is 1. The van der Waals surface area contributed by atoms with Crippen molar-refractivity contribution in [1.82, 2.24) is 63.5 Å². The maximum Gasteiger partial charge on any atom is 0.534 e. The molecule has 0 unspecified atom stereocenters. The Bertz CT molecular complexity index is 4620. The molecular formula is C68H86F3N19O14S. The monoisotopic (exact) mass is 1480 g/mol. The van der Waals surface area contributed by atoms with E-state index in [9.17, 15) is 40.8 Å². The van der Waals surface area contributed by atoms with Crippen molar-refractivity contribution >= 4 is 85.0 Å². The fourth-order valence-electron chi connectivity index (χ4n) is 8.73. The highest BCUT2D eigenvalue weighted by Gasteiger charge is 2.49. The van der Waals surface area contributed by atoms with Gasteiger partial charge in [-0.25, -0.2) is 18.8 Å². The predicted molar refractivity (Wildman–Crippen MR) is 391 cm³/mol. The number of likely N-dealkylation sites (N-methyl/N-ethyl adjacent to an activating group) is 3. The molecule has 0 bridgehead atoms. The minimum absolute atomic E-state index is 0.327. The van der Waals surface area contributed by atoms with E-state index in [-0.39, 0.29) is 11.8 Å². The number of fused-ring (bicyclic) bond motifs is 2. The normalized spacial score (nSPS) is 11.2. The second-order valence-corrected chi connectivity index (χ2v) is 25.5. The van der Waals surface area contributed by atoms with Crippen molar-refractivity contribution in [3.8, 4) is 63.0 Å². The van der Waals surface area contributed by atoms with Crippen molar-refractivity contribution in [3.63, 3.8) is 0 Å². The first kappa shape index (κ1) is 82.0. The number of methoxy groups -OCH3 is 3. The molecule has 4 amide bonds. The molecule has 9 aromatic rings. The molecule has 0 aliphatic rings. The minimum Gasteiger partial charge on any atom is -0.494 e. The number of nitrogens with one attached hydrogen (secondary N) is 5. The fourth-order valence-corrected chi connectivity index (χ4v) is 9.10. The van der Waals surface area contributed by atoms with Crippen LogP contribution in [0, 0.1) is 0 Å². The molecule has 6 aromatic heterocycles. The number of nitrogens with zero attached hydrogens (tertiary/aromatic N) is 13.